The van der Waals surface area contributed by atoms with E-state index in [-0.39, 0.29) is 0 Å². The van der Waals surface area contributed by atoms with Crippen LogP contribution in [0.25, 0.3) is 0 Å². The molecule has 0 N–H and O–H groups in total. The summed E-state index contributed by atoms with van der Waals surface area (Å²) < 4.78 is 11.0. The zero-order chi connectivity index (χ0) is 19.1. The third-order valence-electron chi connectivity index (χ3n) is 4.32. The molecular formula is C22H25N3O2. The van der Waals surface area contributed by atoms with Crippen LogP contribution in [0.2, 0.25) is 0 Å². The third kappa shape index (κ3) is 5.05. The second-order valence-electron chi connectivity index (χ2n) is 6.39. The molecule has 0 atom stereocenters. The van der Waals surface area contributed by atoms with Gasteiger partial charge in [0.2, 0.25) is 0 Å². The lowest BCUT2D eigenvalue weighted by Gasteiger charge is -2.23. The summed E-state index contributed by atoms with van der Waals surface area (Å²) in [6.07, 6.45) is 1.82. The van der Waals surface area contributed by atoms with E-state index in [0.29, 0.717) is 6.54 Å². The molecule has 0 unspecified atom stereocenters. The van der Waals surface area contributed by atoms with Gasteiger partial charge in [-0.1, -0.05) is 24.3 Å². The summed E-state index contributed by atoms with van der Waals surface area (Å²) in [6, 6.07) is 18.1. The van der Waals surface area contributed by atoms with Gasteiger partial charge in [0.15, 0.2) is 11.5 Å². The number of pyridine rings is 2. The quantitative estimate of drug-likeness (QED) is 0.605. The Morgan fingerprint density at radius 3 is 2.30 bits per heavy atom. The monoisotopic (exact) mass is 363 g/mol. The molecule has 27 heavy (non-hydrogen) atoms. The van der Waals surface area contributed by atoms with E-state index in [0.717, 1.165) is 47.2 Å². The zero-order valence-electron chi connectivity index (χ0n) is 16.1. The summed E-state index contributed by atoms with van der Waals surface area (Å²) in [7, 11) is 3.33. The van der Waals surface area contributed by atoms with Gasteiger partial charge < -0.3 is 9.47 Å². The van der Waals surface area contributed by atoms with E-state index < -0.39 is 0 Å². The number of hydrogen-bond acceptors (Lipinski definition) is 5. The fourth-order valence-electron chi connectivity index (χ4n) is 3.12. The predicted octanol–water partition coefficient (Wildman–Crippen LogP) is 4.00. The van der Waals surface area contributed by atoms with E-state index in [1.807, 2.05) is 55.6 Å². The zero-order valence-corrected chi connectivity index (χ0v) is 16.1. The molecular weight excluding hydrogens is 338 g/mol. The minimum Gasteiger partial charge on any atom is -0.493 e. The average Bonchev–Trinajstić information content (AvgIpc) is 2.68. The third-order valence-corrected chi connectivity index (χ3v) is 4.32. The summed E-state index contributed by atoms with van der Waals surface area (Å²) in [6.45, 7) is 4.15. The van der Waals surface area contributed by atoms with E-state index in [1.165, 1.54) is 0 Å². The number of benzene rings is 1. The highest BCUT2D eigenvalue weighted by molar-refractivity contribution is 5.46. The van der Waals surface area contributed by atoms with E-state index in [1.54, 1.807) is 14.2 Å². The van der Waals surface area contributed by atoms with E-state index >= 15 is 0 Å². The molecule has 0 radical (unpaired) electrons. The van der Waals surface area contributed by atoms with Crippen LogP contribution in [0, 0.1) is 6.92 Å². The summed E-state index contributed by atoms with van der Waals surface area (Å²) in [5.41, 5.74) is 4.14. The predicted molar refractivity (Wildman–Crippen MR) is 106 cm³/mol. The molecule has 0 aliphatic heterocycles. The molecule has 140 valence electrons. The number of aryl methyl sites for hydroxylation is 1. The van der Waals surface area contributed by atoms with Crippen LogP contribution < -0.4 is 9.47 Å². The Kier molecular flexibility index (Phi) is 6.39. The number of methoxy groups -OCH3 is 2. The van der Waals surface area contributed by atoms with Crippen molar-refractivity contribution in [2.45, 2.75) is 26.6 Å². The number of nitrogens with zero attached hydrogens (tertiary/aromatic N) is 3. The van der Waals surface area contributed by atoms with Crippen LogP contribution in [0.1, 0.15) is 22.6 Å². The molecule has 0 spiro atoms. The van der Waals surface area contributed by atoms with Crippen LogP contribution in [-0.2, 0) is 19.6 Å². The Morgan fingerprint density at radius 1 is 0.815 bits per heavy atom. The molecule has 1 aromatic carbocycles. The van der Waals surface area contributed by atoms with E-state index in [9.17, 15) is 0 Å². The minimum absolute atomic E-state index is 0.701. The van der Waals surface area contributed by atoms with Crippen molar-refractivity contribution in [3.63, 3.8) is 0 Å². The van der Waals surface area contributed by atoms with Crippen molar-refractivity contribution in [2.24, 2.45) is 0 Å². The highest BCUT2D eigenvalue weighted by atomic mass is 16.5. The first-order valence-electron chi connectivity index (χ1n) is 8.94. The van der Waals surface area contributed by atoms with Crippen LogP contribution in [-0.4, -0.2) is 29.1 Å². The van der Waals surface area contributed by atoms with Gasteiger partial charge >= 0.3 is 0 Å². The fraction of sp³-hybridized carbons (Fsp3) is 0.273. The normalized spacial score (nSPS) is 10.8. The Bertz CT molecular complexity index is 868. The first-order valence-corrected chi connectivity index (χ1v) is 8.94. The van der Waals surface area contributed by atoms with Gasteiger partial charge in [-0.15, -0.1) is 0 Å². The molecule has 0 saturated carbocycles. The summed E-state index contributed by atoms with van der Waals surface area (Å²) in [4.78, 5) is 11.4. The molecule has 5 heteroatoms. The topological polar surface area (TPSA) is 47.5 Å². The second-order valence-corrected chi connectivity index (χ2v) is 6.39. The van der Waals surface area contributed by atoms with Gasteiger partial charge in [-0.25, -0.2) is 0 Å². The van der Waals surface area contributed by atoms with Crippen molar-refractivity contribution in [3.05, 3.63) is 83.4 Å². The van der Waals surface area contributed by atoms with Gasteiger partial charge in [-0.05, 0) is 37.3 Å². The molecule has 0 bridgehead atoms. The molecule has 5 nitrogen and oxygen atoms in total. The number of rotatable bonds is 8. The Balaban J connectivity index is 1.87. The lowest BCUT2D eigenvalue weighted by Crippen LogP contribution is -2.24. The molecule has 3 rings (SSSR count). The van der Waals surface area contributed by atoms with Crippen LogP contribution in [0.3, 0.4) is 0 Å². The van der Waals surface area contributed by atoms with Crippen molar-refractivity contribution in [3.8, 4) is 11.5 Å². The Labute approximate surface area is 160 Å². The number of ether oxygens (including phenoxy) is 2. The van der Waals surface area contributed by atoms with Crippen molar-refractivity contribution in [2.75, 3.05) is 14.2 Å². The largest absolute Gasteiger partial charge is 0.493 e. The lowest BCUT2D eigenvalue weighted by molar-refractivity contribution is 0.236. The standard InChI is InChI=1S/C22H25N3O2/c1-17-8-6-11-20(24-17)16-25(15-19-10-4-5-13-23-19)14-18-9-7-12-21(26-2)22(18)27-3/h4-13H,14-16H2,1-3H3. The van der Waals surface area contributed by atoms with Gasteiger partial charge in [-0.2, -0.15) is 0 Å². The van der Waals surface area contributed by atoms with Gasteiger partial charge in [0, 0.05) is 37.1 Å². The van der Waals surface area contributed by atoms with Crippen molar-refractivity contribution in [1.82, 2.24) is 14.9 Å². The SMILES string of the molecule is COc1cccc(CN(Cc2ccccn2)Cc2cccc(C)n2)c1OC. The van der Waals surface area contributed by atoms with Gasteiger partial charge in [0.1, 0.15) is 0 Å². The Morgan fingerprint density at radius 2 is 1.59 bits per heavy atom. The molecule has 2 heterocycles. The molecule has 0 saturated heterocycles. The minimum atomic E-state index is 0.701. The van der Waals surface area contributed by atoms with Crippen LogP contribution >= 0.6 is 0 Å². The maximum atomic E-state index is 5.60. The average molecular weight is 363 g/mol. The number of hydrogen-bond donors (Lipinski definition) is 0. The summed E-state index contributed by atoms with van der Waals surface area (Å²) >= 11 is 0. The number of para-hydroxylation sites is 1. The molecule has 0 aliphatic carbocycles. The molecule has 0 aliphatic rings. The van der Waals surface area contributed by atoms with Gasteiger partial charge in [0.05, 0.1) is 25.6 Å². The van der Waals surface area contributed by atoms with Crippen LogP contribution in [0.4, 0.5) is 0 Å². The first kappa shape index (κ1) is 18.9. The second kappa shape index (κ2) is 9.14. The summed E-state index contributed by atoms with van der Waals surface area (Å²) in [5.74, 6) is 1.50. The molecule has 2 aromatic heterocycles. The Hall–Kier alpha value is -2.92. The van der Waals surface area contributed by atoms with Crippen LogP contribution in [0.15, 0.2) is 60.8 Å². The van der Waals surface area contributed by atoms with Crippen molar-refractivity contribution in [1.29, 1.82) is 0 Å². The molecule has 3 aromatic rings. The van der Waals surface area contributed by atoms with Crippen molar-refractivity contribution < 1.29 is 9.47 Å². The van der Waals surface area contributed by atoms with Crippen LogP contribution in [0.5, 0.6) is 11.5 Å². The van der Waals surface area contributed by atoms with E-state index in [4.69, 9.17) is 9.47 Å². The smallest absolute Gasteiger partial charge is 0.165 e. The highest BCUT2D eigenvalue weighted by Crippen LogP contribution is 2.32. The van der Waals surface area contributed by atoms with Crippen molar-refractivity contribution >= 4 is 0 Å². The lowest BCUT2D eigenvalue weighted by atomic mass is 10.1. The number of aromatic nitrogens is 2. The molecule has 0 amide bonds. The van der Waals surface area contributed by atoms with E-state index in [2.05, 4.69) is 27.0 Å². The molecule has 0 fully saturated rings. The first-order chi connectivity index (χ1) is 13.2. The summed E-state index contributed by atoms with van der Waals surface area (Å²) in [5, 5.41) is 0. The fourth-order valence-corrected chi connectivity index (χ4v) is 3.12. The highest BCUT2D eigenvalue weighted by Gasteiger charge is 2.15. The van der Waals surface area contributed by atoms with Gasteiger partial charge in [0.25, 0.3) is 0 Å². The maximum Gasteiger partial charge on any atom is 0.165 e. The maximum absolute atomic E-state index is 5.60. The van der Waals surface area contributed by atoms with Gasteiger partial charge in [-0.3, -0.25) is 14.9 Å².